The van der Waals surface area contributed by atoms with E-state index in [0.29, 0.717) is 42.0 Å². The Hall–Kier alpha value is -2.74. The zero-order chi connectivity index (χ0) is 20.4. The van der Waals surface area contributed by atoms with Crippen molar-refractivity contribution in [1.29, 1.82) is 0 Å². The van der Waals surface area contributed by atoms with Crippen LogP contribution >= 0.6 is 0 Å². The van der Waals surface area contributed by atoms with Gasteiger partial charge >= 0.3 is 5.97 Å². The number of carboxylic acid groups (broad SMARTS) is 1. The molecule has 1 fully saturated rings. The number of carboxylic acids is 1. The number of rotatable bonds is 6. The fourth-order valence-electron chi connectivity index (χ4n) is 4.11. The van der Waals surface area contributed by atoms with Crippen molar-refractivity contribution in [3.8, 4) is 0 Å². The van der Waals surface area contributed by atoms with Gasteiger partial charge in [0.15, 0.2) is 11.6 Å². The molecule has 1 saturated heterocycles. The Labute approximate surface area is 167 Å². The largest absolute Gasteiger partial charge is 0.481 e. The van der Waals surface area contributed by atoms with Crippen molar-refractivity contribution in [1.82, 2.24) is 19.9 Å². The molecule has 0 unspecified atom stereocenters. The summed E-state index contributed by atoms with van der Waals surface area (Å²) >= 11 is 0. The molecule has 3 heterocycles. The summed E-state index contributed by atoms with van der Waals surface area (Å²) in [6, 6.07) is 1.41. The Balaban J connectivity index is 1.50. The van der Waals surface area contributed by atoms with Gasteiger partial charge in [0.2, 0.25) is 0 Å². The molecule has 0 aromatic carbocycles. The highest BCUT2D eigenvalue weighted by Gasteiger charge is 2.24. The van der Waals surface area contributed by atoms with E-state index in [1.807, 2.05) is 6.08 Å². The summed E-state index contributed by atoms with van der Waals surface area (Å²) in [5.74, 6) is -1.10. The van der Waals surface area contributed by atoms with Crippen molar-refractivity contribution >= 4 is 11.5 Å². The molecule has 0 bridgehead atoms. The monoisotopic (exact) mass is 400 g/mol. The van der Waals surface area contributed by atoms with Gasteiger partial charge in [-0.15, -0.1) is 0 Å². The number of aliphatic carboxylic acids is 1. The number of piperidine rings is 1. The number of likely N-dealkylation sites (tertiary alicyclic amines) is 1. The van der Waals surface area contributed by atoms with Crippen LogP contribution < -0.4 is 0 Å². The zero-order valence-corrected chi connectivity index (χ0v) is 15.9. The zero-order valence-electron chi connectivity index (χ0n) is 15.9. The molecular weight excluding hydrogens is 378 g/mol. The molecule has 2 aromatic heterocycles. The molecule has 4 rings (SSSR count). The minimum absolute atomic E-state index is 0.108. The molecule has 1 aliphatic heterocycles. The van der Waals surface area contributed by atoms with Crippen molar-refractivity contribution in [2.45, 2.75) is 32.1 Å². The first kappa shape index (κ1) is 19.6. The maximum atomic E-state index is 14.4. The first-order chi connectivity index (χ1) is 14.0. The maximum Gasteiger partial charge on any atom is 0.304 e. The molecule has 8 heteroatoms. The second-order valence-electron chi connectivity index (χ2n) is 7.61. The lowest BCUT2D eigenvalue weighted by molar-refractivity contribution is -0.137. The Morgan fingerprint density at radius 3 is 2.97 bits per heavy atom. The molecule has 6 nitrogen and oxygen atoms in total. The third-order valence-electron chi connectivity index (χ3n) is 5.51. The van der Waals surface area contributed by atoms with Crippen LogP contribution in [0.2, 0.25) is 0 Å². The summed E-state index contributed by atoms with van der Waals surface area (Å²) in [5, 5.41) is 8.88. The van der Waals surface area contributed by atoms with Gasteiger partial charge in [0.25, 0.3) is 0 Å². The average molecular weight is 400 g/mol. The number of aromatic nitrogens is 3. The number of pyridine rings is 1. The predicted octanol–water partition coefficient (Wildman–Crippen LogP) is 2.87. The number of halogens is 2. The van der Waals surface area contributed by atoms with E-state index in [-0.39, 0.29) is 12.3 Å². The van der Waals surface area contributed by atoms with E-state index < -0.39 is 17.6 Å². The molecular formula is C21H22F2N4O2. The number of hydrogen-bond donors (Lipinski definition) is 1. The van der Waals surface area contributed by atoms with Gasteiger partial charge in [-0.1, -0.05) is 6.08 Å². The molecule has 2 aliphatic rings. The third kappa shape index (κ3) is 4.48. The normalized spacial score (nSPS) is 19.1. The molecule has 2 aromatic rings. The van der Waals surface area contributed by atoms with E-state index in [4.69, 9.17) is 5.11 Å². The van der Waals surface area contributed by atoms with E-state index in [1.165, 1.54) is 18.5 Å². The Morgan fingerprint density at radius 2 is 2.14 bits per heavy atom. The lowest BCUT2D eigenvalue weighted by atomic mass is 9.93. The number of fused-ring (bicyclic) bond motifs is 1. The lowest BCUT2D eigenvalue weighted by Gasteiger charge is -2.32. The van der Waals surface area contributed by atoms with Crippen molar-refractivity contribution < 1.29 is 18.7 Å². The Bertz CT molecular complexity index is 964. The van der Waals surface area contributed by atoms with Crippen LogP contribution in [0, 0.1) is 17.6 Å². The summed E-state index contributed by atoms with van der Waals surface area (Å²) in [6.07, 6.45) is 7.30. The van der Waals surface area contributed by atoms with Crippen molar-refractivity contribution in [2.24, 2.45) is 5.92 Å². The SMILES string of the molecule is O=C(O)CCN1CCC[C@H](Cc2nc(C3=CCc4ncc(F)cc43)ncc2F)C1. The van der Waals surface area contributed by atoms with Gasteiger partial charge in [0, 0.05) is 30.6 Å². The van der Waals surface area contributed by atoms with Gasteiger partial charge in [-0.2, -0.15) is 0 Å². The van der Waals surface area contributed by atoms with E-state index in [1.54, 1.807) is 0 Å². The van der Waals surface area contributed by atoms with Crippen LogP contribution in [-0.4, -0.2) is 50.6 Å². The van der Waals surface area contributed by atoms with Crippen LogP contribution in [0.5, 0.6) is 0 Å². The van der Waals surface area contributed by atoms with Gasteiger partial charge in [-0.05, 0) is 37.8 Å². The summed E-state index contributed by atoms with van der Waals surface area (Å²) in [4.78, 5) is 25.6. The van der Waals surface area contributed by atoms with Crippen LogP contribution in [0.1, 0.15) is 42.0 Å². The fraction of sp³-hybridized carbons (Fsp3) is 0.429. The van der Waals surface area contributed by atoms with E-state index >= 15 is 0 Å². The molecule has 29 heavy (non-hydrogen) atoms. The number of allylic oxidation sites excluding steroid dienone is 1. The molecule has 0 saturated carbocycles. The molecule has 0 spiro atoms. The molecule has 0 radical (unpaired) electrons. The summed E-state index contributed by atoms with van der Waals surface area (Å²) in [6.45, 7) is 2.10. The highest BCUT2D eigenvalue weighted by molar-refractivity contribution is 5.80. The minimum atomic E-state index is -0.811. The quantitative estimate of drug-likeness (QED) is 0.803. The van der Waals surface area contributed by atoms with Crippen LogP contribution in [0.4, 0.5) is 8.78 Å². The van der Waals surface area contributed by atoms with Gasteiger partial charge in [-0.3, -0.25) is 9.78 Å². The lowest BCUT2D eigenvalue weighted by Crippen LogP contribution is -2.37. The van der Waals surface area contributed by atoms with E-state index in [9.17, 15) is 13.6 Å². The summed E-state index contributed by atoms with van der Waals surface area (Å²) < 4.78 is 28.0. The smallest absolute Gasteiger partial charge is 0.304 e. The second kappa shape index (κ2) is 8.32. The molecule has 152 valence electrons. The fourth-order valence-corrected chi connectivity index (χ4v) is 4.11. The standard InChI is InChI=1S/C21H22F2N4O2/c22-14-9-16-15(3-4-18(16)24-10-14)21-25-11-17(23)19(26-21)8-13-2-1-6-27(12-13)7-5-20(28)29/h3,9-11,13H,1-2,4-8,12H2,(H,28,29)/t13-/m1/s1. The minimum Gasteiger partial charge on any atom is -0.481 e. The Morgan fingerprint density at radius 1 is 1.28 bits per heavy atom. The summed E-state index contributed by atoms with van der Waals surface area (Å²) in [5.41, 5.74) is 2.44. The van der Waals surface area contributed by atoms with Crippen molar-refractivity contribution in [3.63, 3.8) is 0 Å². The van der Waals surface area contributed by atoms with Gasteiger partial charge < -0.3 is 10.0 Å². The van der Waals surface area contributed by atoms with Gasteiger partial charge in [0.1, 0.15) is 5.82 Å². The molecule has 1 aliphatic carbocycles. The number of nitrogens with zero attached hydrogens (tertiary/aromatic N) is 4. The highest BCUT2D eigenvalue weighted by Crippen LogP contribution is 2.31. The maximum absolute atomic E-state index is 14.4. The molecule has 0 amide bonds. The van der Waals surface area contributed by atoms with Crippen LogP contribution in [-0.2, 0) is 17.6 Å². The van der Waals surface area contributed by atoms with E-state index in [2.05, 4.69) is 19.9 Å². The summed E-state index contributed by atoms with van der Waals surface area (Å²) in [7, 11) is 0. The second-order valence-corrected chi connectivity index (χ2v) is 7.61. The topological polar surface area (TPSA) is 79.2 Å². The van der Waals surface area contributed by atoms with E-state index in [0.717, 1.165) is 31.6 Å². The van der Waals surface area contributed by atoms with Crippen LogP contribution in [0.15, 0.2) is 24.5 Å². The average Bonchev–Trinajstić information content (AvgIpc) is 3.11. The molecule has 1 N–H and O–H groups in total. The first-order valence-corrected chi connectivity index (χ1v) is 9.80. The molecule has 1 atom stereocenters. The number of carbonyl (C=O) groups is 1. The first-order valence-electron chi connectivity index (χ1n) is 9.80. The van der Waals surface area contributed by atoms with Crippen LogP contribution in [0.25, 0.3) is 5.57 Å². The predicted molar refractivity (Wildman–Crippen MR) is 102 cm³/mol. The van der Waals surface area contributed by atoms with Crippen molar-refractivity contribution in [2.75, 3.05) is 19.6 Å². The Kier molecular flexibility index (Phi) is 5.62. The van der Waals surface area contributed by atoms with Gasteiger partial charge in [0.05, 0.1) is 30.2 Å². The van der Waals surface area contributed by atoms with Crippen molar-refractivity contribution in [3.05, 3.63) is 58.9 Å². The van der Waals surface area contributed by atoms with Gasteiger partial charge in [-0.25, -0.2) is 18.7 Å². The van der Waals surface area contributed by atoms with Crippen LogP contribution in [0.3, 0.4) is 0 Å². The highest BCUT2D eigenvalue weighted by atomic mass is 19.1. The third-order valence-corrected chi connectivity index (χ3v) is 5.51. The number of hydrogen-bond acceptors (Lipinski definition) is 5.